The van der Waals surface area contributed by atoms with Gasteiger partial charge in [-0.05, 0) is 13.1 Å². The first-order valence-electron chi connectivity index (χ1n) is 6.86. The lowest BCUT2D eigenvalue weighted by Crippen LogP contribution is -2.35. The maximum Gasteiger partial charge on any atom is 0.300 e. The zero-order valence-electron chi connectivity index (χ0n) is 12.5. The Morgan fingerprint density at radius 2 is 2.10 bits per heavy atom. The van der Waals surface area contributed by atoms with Crippen LogP contribution in [0.2, 0.25) is 0 Å². The van der Waals surface area contributed by atoms with Crippen LogP contribution >= 0.6 is 0 Å². The molecule has 0 aliphatic carbocycles. The molecule has 1 aromatic heterocycles. The highest BCUT2D eigenvalue weighted by Crippen LogP contribution is 2.19. The Labute approximate surface area is 123 Å². The molecule has 0 aliphatic heterocycles. The van der Waals surface area contributed by atoms with E-state index >= 15 is 0 Å². The summed E-state index contributed by atoms with van der Waals surface area (Å²) in [5.74, 6) is -0.0535. The number of likely N-dealkylation sites (N-methyl/N-ethyl adjacent to an activating group) is 1. The Morgan fingerprint density at radius 3 is 2.62 bits per heavy atom. The summed E-state index contributed by atoms with van der Waals surface area (Å²) in [6.07, 6.45) is 1.09. The Kier molecular flexibility index (Phi) is 6.54. The van der Waals surface area contributed by atoms with Gasteiger partial charge < -0.3 is 15.5 Å². The lowest BCUT2D eigenvalue weighted by atomic mass is 10.2. The molecule has 0 saturated carbocycles. The van der Waals surface area contributed by atoms with E-state index in [-0.39, 0.29) is 11.3 Å². The fourth-order valence-electron chi connectivity index (χ4n) is 1.87. The highest BCUT2D eigenvalue weighted by Gasteiger charge is 2.21. The van der Waals surface area contributed by atoms with E-state index in [1.807, 2.05) is 13.8 Å². The molecule has 0 aliphatic rings. The van der Waals surface area contributed by atoms with E-state index < -0.39 is 10.8 Å². The fourth-order valence-corrected chi connectivity index (χ4v) is 1.87. The van der Waals surface area contributed by atoms with Gasteiger partial charge >= 0.3 is 0 Å². The fraction of sp³-hybridized carbons (Fsp3) is 0.538. The predicted octanol–water partition coefficient (Wildman–Crippen LogP) is 1.10. The maximum absolute atomic E-state index is 12.1. The number of hydrogen-bond donors (Lipinski definition) is 2. The predicted molar refractivity (Wildman–Crippen MR) is 80.6 cm³/mol. The molecule has 0 saturated heterocycles. The van der Waals surface area contributed by atoms with E-state index in [1.165, 1.54) is 6.07 Å². The first-order valence-corrected chi connectivity index (χ1v) is 6.86. The molecule has 0 atom stereocenters. The number of nitrogens with one attached hydrogen (secondary N) is 2. The van der Waals surface area contributed by atoms with E-state index in [9.17, 15) is 14.9 Å². The average Bonchev–Trinajstić information content (AvgIpc) is 2.50. The smallest absolute Gasteiger partial charge is 0.300 e. The second kappa shape index (κ2) is 8.15. The molecule has 8 heteroatoms. The summed E-state index contributed by atoms with van der Waals surface area (Å²) in [6.45, 7) is 7.01. The van der Waals surface area contributed by atoms with Gasteiger partial charge in [-0.2, -0.15) is 0 Å². The zero-order chi connectivity index (χ0) is 15.8. The first kappa shape index (κ1) is 16.8. The van der Waals surface area contributed by atoms with Gasteiger partial charge in [0.2, 0.25) is 0 Å². The van der Waals surface area contributed by atoms with E-state index in [1.54, 1.807) is 7.05 Å². The molecular weight excluding hydrogens is 274 g/mol. The summed E-state index contributed by atoms with van der Waals surface area (Å²) in [5.41, 5.74) is -0.284. The highest BCUT2D eigenvalue weighted by molar-refractivity contribution is 5.98. The minimum Gasteiger partial charge on any atom is -0.373 e. The van der Waals surface area contributed by atoms with Crippen molar-refractivity contribution in [3.63, 3.8) is 0 Å². The van der Waals surface area contributed by atoms with Gasteiger partial charge in [-0.25, -0.2) is 4.98 Å². The van der Waals surface area contributed by atoms with Crippen LogP contribution in [0.5, 0.6) is 0 Å². The van der Waals surface area contributed by atoms with Gasteiger partial charge in [0, 0.05) is 26.2 Å². The van der Waals surface area contributed by atoms with Gasteiger partial charge in [0.05, 0.1) is 4.92 Å². The third kappa shape index (κ3) is 4.67. The largest absolute Gasteiger partial charge is 0.373 e. The molecule has 0 spiro atoms. The topological polar surface area (TPSA) is 100 Å². The molecule has 0 unspecified atom stereocenters. The summed E-state index contributed by atoms with van der Waals surface area (Å²) in [5, 5.41) is 16.4. The lowest BCUT2D eigenvalue weighted by Gasteiger charge is -2.17. The first-order chi connectivity index (χ1) is 10.0. The molecule has 0 radical (unpaired) electrons. The van der Waals surface area contributed by atoms with Gasteiger partial charge in [0.25, 0.3) is 11.6 Å². The van der Waals surface area contributed by atoms with E-state index in [4.69, 9.17) is 0 Å². The summed E-state index contributed by atoms with van der Waals surface area (Å²) in [4.78, 5) is 28.5. The van der Waals surface area contributed by atoms with Crippen LogP contribution in [0.3, 0.4) is 0 Å². The number of nitro groups is 1. The number of aromatic nitrogens is 1. The van der Waals surface area contributed by atoms with E-state index in [2.05, 4.69) is 20.5 Å². The van der Waals surface area contributed by atoms with Gasteiger partial charge in [-0.3, -0.25) is 14.9 Å². The number of hydrogen-bond acceptors (Lipinski definition) is 6. The van der Waals surface area contributed by atoms with Crippen molar-refractivity contribution in [3.05, 3.63) is 27.9 Å². The van der Waals surface area contributed by atoms with Gasteiger partial charge in [0.1, 0.15) is 17.6 Å². The van der Waals surface area contributed by atoms with Crippen molar-refractivity contribution in [1.82, 2.24) is 15.2 Å². The van der Waals surface area contributed by atoms with Crippen LogP contribution in [0.25, 0.3) is 0 Å². The van der Waals surface area contributed by atoms with Crippen molar-refractivity contribution in [1.29, 1.82) is 0 Å². The van der Waals surface area contributed by atoms with E-state index in [0.29, 0.717) is 18.9 Å². The van der Waals surface area contributed by atoms with Gasteiger partial charge in [-0.15, -0.1) is 0 Å². The number of nitrogens with zero attached hydrogens (tertiary/aromatic N) is 3. The zero-order valence-corrected chi connectivity index (χ0v) is 12.5. The third-order valence-electron chi connectivity index (χ3n) is 3.19. The highest BCUT2D eigenvalue weighted by atomic mass is 16.6. The van der Waals surface area contributed by atoms with Crippen LogP contribution in [0.1, 0.15) is 24.2 Å². The number of carbonyl (C=O) groups is 1. The Bertz CT molecular complexity index is 503. The number of anilines is 1. The Hall–Kier alpha value is -2.22. The molecule has 21 heavy (non-hydrogen) atoms. The van der Waals surface area contributed by atoms with Crippen molar-refractivity contribution in [2.24, 2.45) is 0 Å². The maximum atomic E-state index is 12.1. The number of rotatable bonds is 8. The lowest BCUT2D eigenvalue weighted by molar-refractivity contribution is -0.385. The molecule has 0 bridgehead atoms. The minimum atomic E-state index is -0.605. The van der Waals surface area contributed by atoms with Crippen LogP contribution < -0.4 is 10.6 Å². The Morgan fingerprint density at radius 1 is 1.43 bits per heavy atom. The van der Waals surface area contributed by atoms with Crippen molar-refractivity contribution in [3.8, 4) is 0 Å². The summed E-state index contributed by atoms with van der Waals surface area (Å²) >= 11 is 0. The standard InChI is InChI=1S/C13H21N5O3/c1-4-17(5-2)7-6-15-13(19)10-8-12(14-3)16-9-11(10)18(20)21/h8-9H,4-7H2,1-3H3,(H,14,16)(H,15,19). The molecule has 0 fully saturated rings. The molecule has 0 aromatic carbocycles. The minimum absolute atomic E-state index is 0.0129. The average molecular weight is 295 g/mol. The van der Waals surface area contributed by atoms with Crippen molar-refractivity contribution < 1.29 is 9.72 Å². The molecule has 2 N–H and O–H groups in total. The van der Waals surface area contributed by atoms with E-state index in [0.717, 1.165) is 19.3 Å². The Balaban J connectivity index is 2.78. The molecule has 1 rings (SSSR count). The van der Waals surface area contributed by atoms with Crippen molar-refractivity contribution >= 4 is 17.4 Å². The summed E-state index contributed by atoms with van der Waals surface area (Å²) in [7, 11) is 1.64. The molecule has 1 amide bonds. The van der Waals surface area contributed by atoms with Crippen molar-refractivity contribution in [2.75, 3.05) is 38.5 Å². The van der Waals surface area contributed by atoms with Crippen LogP contribution in [0, 0.1) is 10.1 Å². The monoisotopic (exact) mass is 295 g/mol. The number of amides is 1. The molecule has 8 nitrogen and oxygen atoms in total. The summed E-state index contributed by atoms with van der Waals surface area (Å²) < 4.78 is 0. The molecule has 1 aromatic rings. The second-order valence-electron chi connectivity index (χ2n) is 4.38. The molecule has 116 valence electrons. The van der Waals surface area contributed by atoms with Gasteiger partial charge in [-0.1, -0.05) is 13.8 Å². The van der Waals surface area contributed by atoms with Gasteiger partial charge in [0.15, 0.2) is 0 Å². The normalized spacial score (nSPS) is 10.5. The quantitative estimate of drug-likeness (QED) is 0.550. The van der Waals surface area contributed by atoms with Crippen LogP contribution in [0.4, 0.5) is 11.5 Å². The van der Waals surface area contributed by atoms with Crippen LogP contribution in [0.15, 0.2) is 12.3 Å². The molecular formula is C13H21N5O3. The van der Waals surface area contributed by atoms with Crippen molar-refractivity contribution in [2.45, 2.75) is 13.8 Å². The number of pyridine rings is 1. The van der Waals surface area contributed by atoms with Crippen LogP contribution in [-0.2, 0) is 0 Å². The summed E-state index contributed by atoms with van der Waals surface area (Å²) in [6, 6.07) is 1.38. The third-order valence-corrected chi connectivity index (χ3v) is 3.19. The second-order valence-corrected chi connectivity index (χ2v) is 4.38. The molecule has 1 heterocycles. The number of carbonyl (C=O) groups excluding carboxylic acids is 1. The SMILES string of the molecule is CCN(CC)CCNC(=O)c1cc(NC)ncc1[N+](=O)[O-]. The van der Waals surface area contributed by atoms with Crippen LogP contribution in [-0.4, -0.2) is 53.9 Å².